The summed E-state index contributed by atoms with van der Waals surface area (Å²) < 4.78 is 67.1. The molecule has 1 aliphatic heterocycles. The molecule has 30 heavy (non-hydrogen) atoms. The number of nitrogens with zero attached hydrogens (tertiary/aromatic N) is 1. The molecule has 3 rings (SSSR count). The first-order valence-corrected chi connectivity index (χ1v) is 10.8. The van der Waals surface area contributed by atoms with Gasteiger partial charge >= 0.3 is 6.36 Å². The summed E-state index contributed by atoms with van der Waals surface area (Å²) in [5.74, 6) is -0.509. The average Bonchev–Trinajstić information content (AvgIpc) is 2.72. The van der Waals surface area contributed by atoms with Gasteiger partial charge < -0.3 is 9.64 Å². The van der Waals surface area contributed by atoms with Gasteiger partial charge in [0.05, 0.1) is 11.4 Å². The van der Waals surface area contributed by atoms with Gasteiger partial charge in [-0.3, -0.25) is 4.79 Å². The van der Waals surface area contributed by atoms with Crippen LogP contribution in [-0.2, 0) is 14.8 Å². The number of carbonyl (C=O) groups excluding carboxylic acids is 1. The van der Waals surface area contributed by atoms with E-state index in [1.807, 2.05) is 18.2 Å². The Kier molecular flexibility index (Phi) is 6.67. The number of sulfonamides is 1. The molecule has 6 nitrogen and oxygen atoms in total. The SMILES string of the molecule is O=C(CNS(=O)(=O)c1ccc(OC(F)(F)F)cc1)N1CCC(c2ccccc2)CC1. The standard InChI is InChI=1S/C20H21F3N2O4S/c21-20(22,23)29-17-6-8-18(9-7-17)30(27,28)24-14-19(26)25-12-10-16(11-13-25)15-4-2-1-3-5-15/h1-9,16,24H,10-14H2. The van der Waals surface area contributed by atoms with Crippen LogP contribution >= 0.6 is 0 Å². The van der Waals surface area contributed by atoms with Crippen molar-refractivity contribution >= 4 is 15.9 Å². The Hall–Kier alpha value is -2.59. The summed E-state index contributed by atoms with van der Waals surface area (Å²) in [5.41, 5.74) is 1.23. The Balaban J connectivity index is 1.51. The van der Waals surface area contributed by atoms with E-state index >= 15 is 0 Å². The lowest BCUT2D eigenvalue weighted by Crippen LogP contribution is -2.43. The minimum absolute atomic E-state index is 0.257. The number of halogens is 3. The first-order chi connectivity index (χ1) is 14.1. The Labute approximate surface area is 172 Å². The van der Waals surface area contributed by atoms with E-state index in [9.17, 15) is 26.4 Å². The van der Waals surface area contributed by atoms with Crippen LogP contribution in [0.5, 0.6) is 5.75 Å². The molecular weight excluding hydrogens is 421 g/mol. The van der Waals surface area contributed by atoms with Crippen LogP contribution in [0, 0.1) is 0 Å². The van der Waals surface area contributed by atoms with E-state index in [0.29, 0.717) is 19.0 Å². The highest BCUT2D eigenvalue weighted by molar-refractivity contribution is 7.89. The normalized spacial score (nSPS) is 15.8. The molecule has 0 spiro atoms. The van der Waals surface area contributed by atoms with Crippen molar-refractivity contribution in [2.75, 3.05) is 19.6 Å². The minimum Gasteiger partial charge on any atom is -0.406 e. The van der Waals surface area contributed by atoms with E-state index in [1.165, 1.54) is 5.56 Å². The van der Waals surface area contributed by atoms with Gasteiger partial charge in [-0.05, 0) is 48.6 Å². The predicted octanol–water partition coefficient (Wildman–Crippen LogP) is 3.27. The van der Waals surface area contributed by atoms with Crippen molar-refractivity contribution in [3.63, 3.8) is 0 Å². The van der Waals surface area contributed by atoms with Gasteiger partial charge in [-0.25, -0.2) is 13.1 Å². The van der Waals surface area contributed by atoms with Crippen molar-refractivity contribution in [1.82, 2.24) is 9.62 Å². The molecule has 2 aromatic rings. The first-order valence-electron chi connectivity index (χ1n) is 9.32. The van der Waals surface area contributed by atoms with Crippen LogP contribution < -0.4 is 9.46 Å². The number of rotatable bonds is 6. The number of ether oxygens (including phenoxy) is 1. The van der Waals surface area contributed by atoms with E-state index in [1.54, 1.807) is 4.90 Å². The second-order valence-corrected chi connectivity index (χ2v) is 8.68. The molecule has 2 aromatic carbocycles. The fourth-order valence-corrected chi connectivity index (χ4v) is 4.33. The Morgan fingerprint density at radius 3 is 2.20 bits per heavy atom. The molecule has 0 aliphatic carbocycles. The molecule has 1 heterocycles. The third-order valence-corrected chi connectivity index (χ3v) is 6.32. The third-order valence-electron chi connectivity index (χ3n) is 4.90. The van der Waals surface area contributed by atoms with Gasteiger partial charge in [-0.1, -0.05) is 30.3 Å². The van der Waals surface area contributed by atoms with Gasteiger partial charge in [0.1, 0.15) is 5.75 Å². The zero-order chi connectivity index (χ0) is 21.8. The van der Waals surface area contributed by atoms with Gasteiger partial charge in [0.25, 0.3) is 0 Å². The molecule has 1 amide bonds. The fraction of sp³-hybridized carbons (Fsp3) is 0.350. The fourth-order valence-electron chi connectivity index (χ4n) is 3.36. The van der Waals surface area contributed by atoms with E-state index in [-0.39, 0.29) is 10.8 Å². The van der Waals surface area contributed by atoms with Gasteiger partial charge in [0.2, 0.25) is 15.9 Å². The Bertz CT molecular complexity index is 956. The van der Waals surface area contributed by atoms with E-state index < -0.39 is 28.7 Å². The summed E-state index contributed by atoms with van der Waals surface area (Å²) in [7, 11) is -4.04. The maximum Gasteiger partial charge on any atom is 0.573 e. The minimum atomic E-state index is -4.86. The van der Waals surface area contributed by atoms with Crippen molar-refractivity contribution in [3.8, 4) is 5.75 Å². The van der Waals surface area contributed by atoms with Gasteiger partial charge in [0, 0.05) is 13.1 Å². The van der Waals surface area contributed by atoms with Gasteiger partial charge in [-0.2, -0.15) is 0 Å². The molecule has 1 fully saturated rings. The highest BCUT2D eigenvalue weighted by Crippen LogP contribution is 2.28. The summed E-state index contributed by atoms with van der Waals surface area (Å²) >= 11 is 0. The van der Waals surface area contributed by atoms with Crippen LogP contribution in [0.4, 0.5) is 13.2 Å². The van der Waals surface area contributed by atoms with Gasteiger partial charge in [-0.15, -0.1) is 13.2 Å². The molecule has 0 radical (unpaired) electrons. The zero-order valence-corrected chi connectivity index (χ0v) is 16.7. The highest BCUT2D eigenvalue weighted by Gasteiger charge is 2.31. The average molecular weight is 442 g/mol. The molecule has 1 saturated heterocycles. The number of nitrogens with one attached hydrogen (secondary N) is 1. The van der Waals surface area contributed by atoms with Crippen LogP contribution in [0.1, 0.15) is 24.3 Å². The van der Waals surface area contributed by atoms with Crippen molar-refractivity contribution in [2.24, 2.45) is 0 Å². The van der Waals surface area contributed by atoms with E-state index in [4.69, 9.17) is 0 Å². The number of likely N-dealkylation sites (tertiary alicyclic amines) is 1. The van der Waals surface area contributed by atoms with Crippen LogP contribution in [0.25, 0.3) is 0 Å². The number of benzene rings is 2. The molecule has 0 saturated carbocycles. The number of alkyl halides is 3. The summed E-state index contributed by atoms with van der Waals surface area (Å²) in [6, 6.07) is 13.8. The van der Waals surface area contributed by atoms with Crippen molar-refractivity contribution < 1.29 is 31.1 Å². The first kappa shape index (κ1) is 22.1. The monoisotopic (exact) mass is 442 g/mol. The van der Waals surface area contributed by atoms with Crippen LogP contribution in [-0.4, -0.2) is 45.2 Å². The topological polar surface area (TPSA) is 75.7 Å². The molecule has 1 N–H and O–H groups in total. The maximum absolute atomic E-state index is 12.4. The Morgan fingerprint density at radius 2 is 1.63 bits per heavy atom. The van der Waals surface area contributed by atoms with Crippen molar-refractivity contribution in [3.05, 3.63) is 60.2 Å². The zero-order valence-electron chi connectivity index (χ0n) is 15.9. The summed E-state index contributed by atoms with van der Waals surface area (Å²) in [6.07, 6.45) is -3.27. The molecule has 1 aliphatic rings. The summed E-state index contributed by atoms with van der Waals surface area (Å²) in [6.45, 7) is 0.645. The number of carbonyl (C=O) groups is 1. The molecule has 0 aromatic heterocycles. The lowest BCUT2D eigenvalue weighted by atomic mass is 9.89. The van der Waals surface area contributed by atoms with Crippen LogP contribution in [0.2, 0.25) is 0 Å². The van der Waals surface area contributed by atoms with Crippen molar-refractivity contribution in [1.29, 1.82) is 0 Å². The molecule has 0 bridgehead atoms. The van der Waals surface area contributed by atoms with E-state index in [0.717, 1.165) is 37.1 Å². The van der Waals surface area contributed by atoms with Gasteiger partial charge in [0.15, 0.2) is 0 Å². The molecule has 10 heteroatoms. The summed E-state index contributed by atoms with van der Waals surface area (Å²) in [5, 5.41) is 0. The van der Waals surface area contributed by atoms with Crippen molar-refractivity contribution in [2.45, 2.75) is 30.0 Å². The van der Waals surface area contributed by atoms with Crippen LogP contribution in [0.3, 0.4) is 0 Å². The number of amides is 1. The molecule has 0 atom stereocenters. The number of hydrogen-bond donors (Lipinski definition) is 1. The predicted molar refractivity (Wildman–Crippen MR) is 103 cm³/mol. The highest BCUT2D eigenvalue weighted by atomic mass is 32.2. The number of hydrogen-bond acceptors (Lipinski definition) is 4. The van der Waals surface area contributed by atoms with Crippen LogP contribution in [0.15, 0.2) is 59.5 Å². The molecule has 162 valence electrons. The lowest BCUT2D eigenvalue weighted by Gasteiger charge is -2.32. The molecule has 0 unspecified atom stereocenters. The number of piperidine rings is 1. The third kappa shape index (κ3) is 5.96. The Morgan fingerprint density at radius 1 is 1.03 bits per heavy atom. The molecular formula is C20H21F3N2O4S. The maximum atomic E-state index is 12.4. The summed E-state index contributed by atoms with van der Waals surface area (Å²) in [4.78, 5) is 13.7. The lowest BCUT2D eigenvalue weighted by molar-refractivity contribution is -0.274. The second-order valence-electron chi connectivity index (χ2n) is 6.91. The quantitative estimate of drug-likeness (QED) is 0.745. The largest absolute Gasteiger partial charge is 0.573 e. The second kappa shape index (κ2) is 9.05. The smallest absolute Gasteiger partial charge is 0.406 e. The van der Waals surface area contributed by atoms with E-state index in [2.05, 4.69) is 21.6 Å².